The number of likely N-dealkylation sites (tertiary alicyclic amines) is 1. The van der Waals surface area contributed by atoms with Crippen molar-refractivity contribution in [3.8, 4) is 17.2 Å². The maximum Gasteiger partial charge on any atom is 0.247 e. The third kappa shape index (κ3) is 6.54. The zero-order valence-corrected chi connectivity index (χ0v) is 26.9. The summed E-state index contributed by atoms with van der Waals surface area (Å²) in [6.45, 7) is 7.84. The fourth-order valence-corrected chi connectivity index (χ4v) is 5.56. The molecule has 2 aliphatic heterocycles. The summed E-state index contributed by atoms with van der Waals surface area (Å²) in [6, 6.07) is 4.78. The van der Waals surface area contributed by atoms with Crippen LogP contribution in [-0.2, 0) is 14.4 Å². The van der Waals surface area contributed by atoms with Gasteiger partial charge in [-0.25, -0.2) is 9.97 Å². The van der Waals surface area contributed by atoms with Crippen LogP contribution in [0.5, 0.6) is 17.2 Å². The first-order valence-corrected chi connectivity index (χ1v) is 15.1. The van der Waals surface area contributed by atoms with Crippen LogP contribution in [0, 0.1) is 5.41 Å². The van der Waals surface area contributed by atoms with Gasteiger partial charge in [-0.05, 0) is 50.4 Å². The molecule has 0 spiro atoms. The van der Waals surface area contributed by atoms with Crippen molar-refractivity contribution in [3.63, 3.8) is 0 Å². The second-order valence-electron chi connectivity index (χ2n) is 12.1. The lowest BCUT2D eigenvalue weighted by atomic mass is 9.85. The van der Waals surface area contributed by atoms with Gasteiger partial charge in [0.25, 0.3) is 0 Å². The number of rotatable bonds is 9. The van der Waals surface area contributed by atoms with E-state index in [0.29, 0.717) is 69.8 Å². The Labute approximate surface area is 266 Å². The van der Waals surface area contributed by atoms with Gasteiger partial charge in [-0.3, -0.25) is 14.4 Å². The van der Waals surface area contributed by atoms with Crippen LogP contribution >= 0.6 is 11.6 Å². The quantitative estimate of drug-likeness (QED) is 0.271. The highest BCUT2D eigenvalue weighted by atomic mass is 35.5. The predicted octanol–water partition coefficient (Wildman–Crippen LogP) is 3.83. The Hall–Kier alpha value is -4.36. The molecule has 4 N–H and O–H groups in total. The van der Waals surface area contributed by atoms with E-state index in [9.17, 15) is 14.4 Å². The Kier molecular flexibility index (Phi) is 9.21. The van der Waals surface area contributed by atoms with E-state index in [4.69, 9.17) is 25.8 Å². The van der Waals surface area contributed by atoms with Crippen LogP contribution in [0.1, 0.15) is 40.5 Å². The number of benzene rings is 2. The largest absolute Gasteiger partial charge is 0.494 e. The standard InChI is InChI=1S/C31H38ClN7O6/c1-16(33-5)28(40)38-26(31(2,3)4)30(42)39-11-7-8-21(39)29(41)36-20-12-17-19(13-23(20)43-6)34-14-35-27(17)37-24-18(32)9-10-22-25(24)45-15-44-22/h9-10,12-14,16,21,26,33H,7-8,11,15H2,1-6H3,(H,36,41)(H,38,40)(H,34,35,37)/t16-,21-,26+/m0/s1. The lowest BCUT2D eigenvalue weighted by Crippen LogP contribution is -2.59. The lowest BCUT2D eigenvalue weighted by Gasteiger charge is -2.36. The summed E-state index contributed by atoms with van der Waals surface area (Å²) in [4.78, 5) is 50.7. The Morgan fingerprint density at radius 1 is 1.16 bits per heavy atom. The summed E-state index contributed by atoms with van der Waals surface area (Å²) in [7, 11) is 3.17. The van der Waals surface area contributed by atoms with E-state index in [0.717, 1.165) is 0 Å². The lowest BCUT2D eigenvalue weighted by molar-refractivity contribution is -0.143. The number of methoxy groups -OCH3 is 1. The molecule has 2 aliphatic rings. The van der Waals surface area contributed by atoms with Crippen LogP contribution in [0.15, 0.2) is 30.6 Å². The van der Waals surface area contributed by atoms with Crippen LogP contribution in [-0.4, -0.2) is 78.2 Å². The van der Waals surface area contributed by atoms with E-state index < -0.39 is 23.5 Å². The molecular weight excluding hydrogens is 602 g/mol. The number of likely N-dealkylation sites (N-methyl/N-ethyl adjacent to an activating group) is 1. The summed E-state index contributed by atoms with van der Waals surface area (Å²) in [5, 5.41) is 13.0. The molecule has 1 fully saturated rings. The molecule has 1 saturated heterocycles. The minimum absolute atomic E-state index is 0.0703. The molecule has 45 heavy (non-hydrogen) atoms. The maximum atomic E-state index is 13.9. The fraction of sp³-hybridized carbons (Fsp3) is 0.452. The Balaban J connectivity index is 1.42. The van der Waals surface area contributed by atoms with Gasteiger partial charge in [-0.1, -0.05) is 32.4 Å². The molecule has 13 nitrogen and oxygen atoms in total. The van der Waals surface area contributed by atoms with E-state index in [1.54, 1.807) is 43.1 Å². The summed E-state index contributed by atoms with van der Waals surface area (Å²) < 4.78 is 16.7. The van der Waals surface area contributed by atoms with Gasteiger partial charge in [0.05, 0.1) is 29.4 Å². The zero-order valence-electron chi connectivity index (χ0n) is 26.1. The van der Waals surface area contributed by atoms with Crippen LogP contribution in [0.2, 0.25) is 5.02 Å². The van der Waals surface area contributed by atoms with Crippen LogP contribution in [0.25, 0.3) is 10.9 Å². The average molecular weight is 640 g/mol. The van der Waals surface area contributed by atoms with E-state index >= 15 is 0 Å². The summed E-state index contributed by atoms with van der Waals surface area (Å²) in [6.07, 6.45) is 2.52. The molecule has 3 amide bonds. The zero-order chi connectivity index (χ0) is 32.5. The number of nitrogens with zero attached hydrogens (tertiary/aromatic N) is 3. The summed E-state index contributed by atoms with van der Waals surface area (Å²) in [5.74, 6) is 0.846. The number of carbonyl (C=O) groups excluding carboxylic acids is 3. The van der Waals surface area contributed by atoms with Gasteiger partial charge < -0.3 is 40.4 Å². The number of hydrogen-bond acceptors (Lipinski definition) is 10. The van der Waals surface area contributed by atoms with Crippen LogP contribution < -0.4 is 35.5 Å². The highest BCUT2D eigenvalue weighted by Gasteiger charge is 2.42. The number of aromatic nitrogens is 2. The molecule has 3 atom stereocenters. The molecule has 14 heteroatoms. The third-order valence-electron chi connectivity index (χ3n) is 8.01. The van der Waals surface area contributed by atoms with E-state index in [2.05, 4.69) is 31.2 Å². The molecule has 3 aromatic rings. The summed E-state index contributed by atoms with van der Waals surface area (Å²) >= 11 is 6.49. The number of hydrogen-bond donors (Lipinski definition) is 4. The molecule has 0 saturated carbocycles. The highest BCUT2D eigenvalue weighted by molar-refractivity contribution is 6.34. The van der Waals surface area contributed by atoms with E-state index in [1.807, 2.05) is 20.8 Å². The number of ether oxygens (including phenoxy) is 3. The highest BCUT2D eigenvalue weighted by Crippen LogP contribution is 2.45. The third-order valence-corrected chi connectivity index (χ3v) is 8.33. The average Bonchev–Trinajstić information content (AvgIpc) is 3.70. The minimum atomic E-state index is -0.823. The predicted molar refractivity (Wildman–Crippen MR) is 170 cm³/mol. The topological polar surface area (TPSA) is 156 Å². The van der Waals surface area contributed by atoms with Crippen molar-refractivity contribution >= 4 is 57.4 Å². The number of nitrogens with one attached hydrogen (secondary N) is 4. The molecule has 2 aromatic carbocycles. The van der Waals surface area contributed by atoms with Crippen molar-refractivity contribution in [1.82, 2.24) is 25.5 Å². The number of fused-ring (bicyclic) bond motifs is 2. The van der Waals surface area contributed by atoms with E-state index in [1.165, 1.54) is 13.4 Å². The normalized spacial score (nSPS) is 17.1. The first kappa shape index (κ1) is 32.0. The Bertz CT molecular complexity index is 1630. The minimum Gasteiger partial charge on any atom is -0.494 e. The molecule has 5 rings (SSSR count). The number of anilines is 3. The number of halogens is 1. The maximum absolute atomic E-state index is 13.9. The molecule has 0 radical (unpaired) electrons. The van der Waals surface area contributed by atoms with Crippen LogP contribution in [0.4, 0.5) is 17.2 Å². The molecule has 240 valence electrons. The Morgan fingerprint density at radius 3 is 2.64 bits per heavy atom. The first-order chi connectivity index (χ1) is 21.4. The van der Waals surface area contributed by atoms with Gasteiger partial charge in [0.15, 0.2) is 11.5 Å². The van der Waals surface area contributed by atoms with Crippen molar-refractivity contribution in [2.75, 3.05) is 38.1 Å². The molecule has 0 bridgehead atoms. The van der Waals surface area contributed by atoms with Gasteiger partial charge in [0.1, 0.15) is 35.7 Å². The van der Waals surface area contributed by atoms with Gasteiger partial charge in [0.2, 0.25) is 24.5 Å². The monoisotopic (exact) mass is 639 g/mol. The smallest absolute Gasteiger partial charge is 0.247 e. The van der Waals surface area contributed by atoms with Crippen molar-refractivity contribution in [1.29, 1.82) is 0 Å². The molecule has 0 aliphatic carbocycles. The second kappa shape index (κ2) is 12.9. The Morgan fingerprint density at radius 2 is 1.93 bits per heavy atom. The van der Waals surface area contributed by atoms with Crippen molar-refractivity contribution in [2.45, 2.75) is 58.7 Å². The van der Waals surface area contributed by atoms with Crippen molar-refractivity contribution < 1.29 is 28.6 Å². The molecule has 1 aromatic heterocycles. The van der Waals surface area contributed by atoms with Gasteiger partial charge in [-0.2, -0.15) is 0 Å². The van der Waals surface area contributed by atoms with Crippen molar-refractivity contribution in [2.24, 2.45) is 5.41 Å². The fourth-order valence-electron chi connectivity index (χ4n) is 5.37. The van der Waals surface area contributed by atoms with Crippen molar-refractivity contribution in [3.05, 3.63) is 35.6 Å². The van der Waals surface area contributed by atoms with Gasteiger partial charge in [0, 0.05) is 18.0 Å². The number of amides is 3. The SMILES string of the molecule is CN[C@@H](C)C(=O)N[C@H](C(=O)N1CCC[C@H]1C(=O)Nc1cc2c(Nc3c(Cl)ccc4c3OCO4)ncnc2cc1OC)C(C)(C)C. The van der Waals surface area contributed by atoms with Gasteiger partial charge in [-0.15, -0.1) is 0 Å². The molecule has 3 heterocycles. The van der Waals surface area contributed by atoms with E-state index in [-0.39, 0.29) is 24.5 Å². The van der Waals surface area contributed by atoms with Gasteiger partial charge >= 0.3 is 0 Å². The molecule has 0 unspecified atom stereocenters. The van der Waals surface area contributed by atoms with Crippen LogP contribution in [0.3, 0.4) is 0 Å². The summed E-state index contributed by atoms with van der Waals surface area (Å²) in [5.41, 5.74) is 0.825. The molecular formula is C31H38ClN7O6. The number of carbonyl (C=O) groups is 3. The second-order valence-corrected chi connectivity index (χ2v) is 12.5. The first-order valence-electron chi connectivity index (χ1n) is 14.7.